The number of halogens is 1. The number of methoxy groups -OCH3 is 1. The molecular weight excluding hydrogens is 441 g/mol. The predicted molar refractivity (Wildman–Crippen MR) is 118 cm³/mol. The quantitative estimate of drug-likeness (QED) is 0.536. The molecule has 31 heavy (non-hydrogen) atoms. The Morgan fingerprint density at radius 1 is 1.23 bits per heavy atom. The summed E-state index contributed by atoms with van der Waals surface area (Å²) in [5, 5.41) is 0.469. The maximum Gasteiger partial charge on any atom is 0.260 e. The summed E-state index contributed by atoms with van der Waals surface area (Å²) < 4.78 is 47.6. The Bertz CT molecular complexity index is 1170. The largest absolute Gasteiger partial charge is 0.383 e. The molecule has 0 saturated carbocycles. The third kappa shape index (κ3) is 4.33. The van der Waals surface area contributed by atoms with E-state index >= 15 is 0 Å². The van der Waals surface area contributed by atoms with Crippen LogP contribution in [-0.2, 0) is 14.8 Å². The molecule has 4 rings (SSSR count). The molecule has 164 valence electrons. The second kappa shape index (κ2) is 8.99. The number of hydrogen-bond acceptors (Lipinski definition) is 6. The number of thiazole rings is 1. The van der Waals surface area contributed by atoms with Crippen LogP contribution in [0.1, 0.15) is 23.2 Å². The Balaban J connectivity index is 1.71. The van der Waals surface area contributed by atoms with Gasteiger partial charge in [-0.2, -0.15) is 4.31 Å². The Morgan fingerprint density at radius 3 is 2.68 bits per heavy atom. The third-order valence-corrected chi connectivity index (χ3v) is 8.11. The number of carbonyl (C=O) groups excluding carboxylic acids is 1. The zero-order chi connectivity index (χ0) is 22.0. The monoisotopic (exact) mass is 463 g/mol. The van der Waals surface area contributed by atoms with Crippen LogP contribution in [0.25, 0.3) is 10.2 Å². The van der Waals surface area contributed by atoms with Gasteiger partial charge >= 0.3 is 0 Å². The lowest BCUT2D eigenvalue weighted by atomic mass is 10.2. The van der Waals surface area contributed by atoms with Gasteiger partial charge in [-0.05, 0) is 43.2 Å². The van der Waals surface area contributed by atoms with Gasteiger partial charge in [-0.25, -0.2) is 17.8 Å². The maximum atomic E-state index is 14.5. The summed E-state index contributed by atoms with van der Waals surface area (Å²) in [7, 11) is -2.48. The standard InChI is InChI=1S/C21H22FN3O4S2/c1-29-13-12-25(21-23-17-6-2-3-7-18(17)30-21)20(26)15-8-9-16(22)19(14-15)31(27,28)24-10-4-5-11-24/h2-3,6-9,14H,4-5,10-13H2,1H3. The van der Waals surface area contributed by atoms with E-state index in [-0.39, 0.29) is 18.7 Å². The van der Waals surface area contributed by atoms with Crippen molar-refractivity contribution in [2.45, 2.75) is 17.7 Å². The molecule has 0 atom stereocenters. The van der Waals surface area contributed by atoms with Crippen LogP contribution >= 0.6 is 11.3 Å². The van der Waals surface area contributed by atoms with Crippen LogP contribution in [0.5, 0.6) is 0 Å². The van der Waals surface area contributed by atoms with E-state index in [1.807, 2.05) is 24.3 Å². The number of amides is 1. The molecule has 7 nitrogen and oxygen atoms in total. The molecule has 0 bridgehead atoms. The van der Waals surface area contributed by atoms with Crippen LogP contribution in [-0.4, -0.2) is 57.0 Å². The zero-order valence-corrected chi connectivity index (χ0v) is 18.6. The summed E-state index contributed by atoms with van der Waals surface area (Å²) in [4.78, 5) is 18.8. The van der Waals surface area contributed by atoms with Crippen molar-refractivity contribution in [3.63, 3.8) is 0 Å². The minimum absolute atomic E-state index is 0.0783. The van der Waals surface area contributed by atoms with Crippen LogP contribution in [0.3, 0.4) is 0 Å². The first-order valence-corrected chi connectivity index (χ1v) is 12.1. The smallest absolute Gasteiger partial charge is 0.260 e. The summed E-state index contributed by atoms with van der Waals surface area (Å²) in [6.07, 6.45) is 1.48. The van der Waals surface area contributed by atoms with E-state index in [1.54, 1.807) is 0 Å². The predicted octanol–water partition coefficient (Wildman–Crippen LogP) is 3.51. The molecule has 1 aromatic heterocycles. The van der Waals surface area contributed by atoms with Gasteiger partial charge in [0.15, 0.2) is 5.13 Å². The molecule has 10 heteroatoms. The number of para-hydroxylation sites is 1. The molecule has 2 aromatic carbocycles. The van der Waals surface area contributed by atoms with Crippen molar-refractivity contribution >= 4 is 42.6 Å². The van der Waals surface area contributed by atoms with E-state index in [0.29, 0.717) is 18.2 Å². The Hall–Kier alpha value is -2.40. The number of fused-ring (bicyclic) bond motifs is 1. The fourth-order valence-corrected chi connectivity index (χ4v) is 6.10. The Morgan fingerprint density at radius 2 is 1.97 bits per heavy atom. The first kappa shape index (κ1) is 21.8. The van der Waals surface area contributed by atoms with Gasteiger partial charge in [0, 0.05) is 25.8 Å². The van der Waals surface area contributed by atoms with Gasteiger partial charge in [0.25, 0.3) is 5.91 Å². The van der Waals surface area contributed by atoms with Gasteiger partial charge in [-0.3, -0.25) is 9.69 Å². The van der Waals surface area contributed by atoms with Crippen LogP contribution in [0.4, 0.5) is 9.52 Å². The summed E-state index contributed by atoms with van der Waals surface area (Å²) in [6, 6.07) is 11.0. The highest BCUT2D eigenvalue weighted by Gasteiger charge is 2.31. The van der Waals surface area contributed by atoms with Crippen LogP contribution in [0, 0.1) is 5.82 Å². The molecule has 0 unspecified atom stereocenters. The van der Waals surface area contributed by atoms with Crippen LogP contribution in [0.15, 0.2) is 47.4 Å². The number of rotatable bonds is 7. The van der Waals surface area contributed by atoms with E-state index in [1.165, 1.54) is 33.7 Å². The maximum absolute atomic E-state index is 14.5. The topological polar surface area (TPSA) is 79.8 Å². The first-order chi connectivity index (χ1) is 14.9. The zero-order valence-electron chi connectivity index (χ0n) is 17.0. The normalized spacial score (nSPS) is 14.9. The van der Waals surface area contributed by atoms with Gasteiger partial charge in [0.1, 0.15) is 10.7 Å². The number of sulfonamides is 1. The fraction of sp³-hybridized carbons (Fsp3) is 0.333. The number of anilines is 1. The lowest BCUT2D eigenvalue weighted by Gasteiger charge is -2.21. The van der Waals surface area contributed by atoms with Gasteiger partial charge in [-0.15, -0.1) is 0 Å². The highest BCUT2D eigenvalue weighted by molar-refractivity contribution is 7.89. The van der Waals surface area contributed by atoms with Crippen LogP contribution < -0.4 is 4.90 Å². The second-order valence-corrected chi connectivity index (χ2v) is 10.1. The highest BCUT2D eigenvalue weighted by Crippen LogP contribution is 2.30. The fourth-order valence-electron chi connectivity index (χ4n) is 3.50. The highest BCUT2D eigenvalue weighted by atomic mass is 32.2. The minimum Gasteiger partial charge on any atom is -0.383 e. The van der Waals surface area contributed by atoms with Crippen molar-refractivity contribution in [2.24, 2.45) is 0 Å². The van der Waals surface area contributed by atoms with Gasteiger partial charge in [-0.1, -0.05) is 23.5 Å². The van der Waals surface area contributed by atoms with Crippen LogP contribution in [0.2, 0.25) is 0 Å². The summed E-state index contributed by atoms with van der Waals surface area (Å²) >= 11 is 1.35. The van der Waals surface area contributed by atoms with Crippen molar-refractivity contribution in [3.05, 3.63) is 53.8 Å². The molecule has 1 fully saturated rings. The number of benzene rings is 2. The van der Waals surface area contributed by atoms with Gasteiger partial charge < -0.3 is 4.74 Å². The van der Waals surface area contributed by atoms with E-state index in [2.05, 4.69) is 4.98 Å². The molecule has 0 radical (unpaired) electrons. The average Bonchev–Trinajstić information content (AvgIpc) is 3.44. The molecule has 0 N–H and O–H groups in total. The Kier molecular flexibility index (Phi) is 6.33. The number of ether oxygens (including phenoxy) is 1. The first-order valence-electron chi connectivity index (χ1n) is 9.88. The van der Waals surface area contributed by atoms with Crippen molar-refractivity contribution in [3.8, 4) is 0 Å². The molecule has 1 amide bonds. The Labute approximate surface area is 184 Å². The minimum atomic E-state index is -4.00. The van der Waals surface area contributed by atoms with Crippen molar-refractivity contribution in [1.29, 1.82) is 0 Å². The van der Waals surface area contributed by atoms with Gasteiger partial charge in [0.2, 0.25) is 10.0 Å². The summed E-state index contributed by atoms with van der Waals surface area (Å²) in [6.45, 7) is 1.19. The van der Waals surface area contributed by atoms with Crippen molar-refractivity contribution in [2.75, 3.05) is 38.3 Å². The van der Waals surface area contributed by atoms with E-state index in [9.17, 15) is 17.6 Å². The SMILES string of the molecule is COCCN(C(=O)c1ccc(F)c(S(=O)(=O)N2CCCC2)c1)c1nc2ccccc2s1. The number of carbonyl (C=O) groups is 1. The lowest BCUT2D eigenvalue weighted by Crippen LogP contribution is -2.34. The summed E-state index contributed by atoms with van der Waals surface area (Å²) in [5.41, 5.74) is 0.837. The molecule has 2 heterocycles. The van der Waals surface area contributed by atoms with E-state index < -0.39 is 26.6 Å². The van der Waals surface area contributed by atoms with Gasteiger partial charge in [0.05, 0.1) is 23.4 Å². The van der Waals surface area contributed by atoms with Crippen molar-refractivity contribution < 1.29 is 22.3 Å². The number of aromatic nitrogens is 1. The average molecular weight is 464 g/mol. The third-order valence-electron chi connectivity index (χ3n) is 5.14. The van der Waals surface area contributed by atoms with E-state index in [4.69, 9.17) is 4.74 Å². The molecule has 0 spiro atoms. The lowest BCUT2D eigenvalue weighted by molar-refractivity contribution is 0.0975. The van der Waals surface area contributed by atoms with E-state index in [0.717, 1.165) is 35.2 Å². The number of nitrogens with zero attached hydrogens (tertiary/aromatic N) is 3. The molecule has 1 saturated heterocycles. The molecule has 1 aliphatic rings. The van der Waals surface area contributed by atoms with Crippen molar-refractivity contribution in [1.82, 2.24) is 9.29 Å². The molecular formula is C21H22FN3O4S2. The second-order valence-electron chi connectivity index (χ2n) is 7.17. The number of hydrogen-bond donors (Lipinski definition) is 0. The summed E-state index contributed by atoms with van der Waals surface area (Å²) in [5.74, 6) is -1.33. The molecule has 3 aromatic rings. The molecule has 0 aliphatic carbocycles. The molecule has 1 aliphatic heterocycles.